The first kappa shape index (κ1) is 20.5. The van der Waals surface area contributed by atoms with Gasteiger partial charge in [0.25, 0.3) is 5.91 Å². The van der Waals surface area contributed by atoms with Gasteiger partial charge in [-0.2, -0.15) is 0 Å². The van der Waals surface area contributed by atoms with E-state index in [0.29, 0.717) is 25.3 Å². The van der Waals surface area contributed by atoms with E-state index in [1.54, 1.807) is 18.5 Å². The second-order valence-corrected chi connectivity index (χ2v) is 6.69. The van der Waals surface area contributed by atoms with Gasteiger partial charge >= 0.3 is 0 Å². The number of nitrogens with two attached hydrogens (primary N) is 1. The highest BCUT2D eigenvalue weighted by Gasteiger charge is 2.11. The van der Waals surface area contributed by atoms with Gasteiger partial charge in [-0.05, 0) is 60.3 Å². The summed E-state index contributed by atoms with van der Waals surface area (Å²) in [5.74, 6) is -0.290. The van der Waals surface area contributed by atoms with Crippen LogP contribution in [0.4, 0.5) is 5.69 Å². The maximum absolute atomic E-state index is 12.6. The summed E-state index contributed by atoms with van der Waals surface area (Å²) < 4.78 is 0. The number of aromatic nitrogens is 1. The van der Waals surface area contributed by atoms with Crippen LogP contribution < -0.4 is 16.5 Å². The average molecular weight is 390 g/mol. The lowest BCUT2D eigenvalue weighted by Gasteiger charge is -2.12. The first-order valence-electron chi connectivity index (χ1n) is 9.68. The van der Waals surface area contributed by atoms with Crippen LogP contribution in [0.15, 0.2) is 73.1 Å². The average Bonchev–Trinajstić information content (AvgIpc) is 2.77. The van der Waals surface area contributed by atoms with Gasteiger partial charge in [0.1, 0.15) is 0 Å². The highest BCUT2D eigenvalue weighted by molar-refractivity contribution is 5.98. The first-order chi connectivity index (χ1) is 14.3. The number of hydrogen-bond acceptors (Lipinski definition) is 5. The molecule has 0 spiro atoms. The number of hydrogen-bond donors (Lipinski definition) is 3. The first-order valence-corrected chi connectivity index (χ1v) is 9.68. The normalized spacial score (nSPS) is 10.5. The van der Waals surface area contributed by atoms with Gasteiger partial charge in [0.15, 0.2) is 0 Å². The number of pyridine rings is 1. The van der Waals surface area contributed by atoms with E-state index in [9.17, 15) is 4.79 Å². The van der Waals surface area contributed by atoms with Crippen molar-refractivity contribution in [2.24, 2.45) is 5.73 Å². The molecule has 4 N–H and O–H groups in total. The third-order valence-corrected chi connectivity index (χ3v) is 4.47. The zero-order valence-electron chi connectivity index (χ0n) is 16.3. The Morgan fingerprint density at radius 3 is 2.59 bits per heavy atom. The Labute approximate surface area is 171 Å². The second kappa shape index (κ2) is 10.9. The van der Waals surface area contributed by atoms with Crippen molar-refractivity contribution in [3.8, 4) is 0 Å². The van der Waals surface area contributed by atoms with Crippen molar-refractivity contribution in [3.05, 3.63) is 95.3 Å². The van der Waals surface area contributed by atoms with Crippen LogP contribution >= 0.6 is 0 Å². The topological polar surface area (TPSA) is 89.3 Å². The fourth-order valence-corrected chi connectivity index (χ4v) is 2.95. The number of benzene rings is 2. The summed E-state index contributed by atoms with van der Waals surface area (Å²) in [5.41, 5.74) is 12.7. The number of para-hydroxylation sites is 1. The van der Waals surface area contributed by atoms with Crippen molar-refractivity contribution < 1.29 is 9.63 Å². The van der Waals surface area contributed by atoms with Crippen molar-refractivity contribution in [2.45, 2.75) is 26.0 Å². The van der Waals surface area contributed by atoms with Crippen LogP contribution in [-0.4, -0.2) is 17.4 Å². The molecule has 0 saturated heterocycles. The van der Waals surface area contributed by atoms with Gasteiger partial charge in [-0.3, -0.25) is 14.6 Å². The van der Waals surface area contributed by atoms with Crippen molar-refractivity contribution in [3.63, 3.8) is 0 Å². The highest BCUT2D eigenvalue weighted by Crippen LogP contribution is 2.16. The molecule has 6 heteroatoms. The fraction of sp³-hybridized carbons (Fsp3) is 0.217. The van der Waals surface area contributed by atoms with Gasteiger partial charge < -0.3 is 11.1 Å². The summed E-state index contributed by atoms with van der Waals surface area (Å²) in [6.07, 6.45) is 5.38. The number of carbonyl (C=O) groups excluding carboxylic acids is 1. The molecule has 3 rings (SSSR count). The Morgan fingerprint density at radius 1 is 0.966 bits per heavy atom. The number of anilines is 1. The van der Waals surface area contributed by atoms with Gasteiger partial charge in [0, 0.05) is 24.6 Å². The lowest BCUT2D eigenvalue weighted by Crippen LogP contribution is -2.24. The summed E-state index contributed by atoms with van der Waals surface area (Å²) in [7, 11) is 0. The molecule has 6 nitrogen and oxygen atoms in total. The third kappa shape index (κ3) is 6.41. The van der Waals surface area contributed by atoms with Crippen molar-refractivity contribution >= 4 is 11.6 Å². The maximum Gasteiger partial charge on any atom is 0.276 e. The van der Waals surface area contributed by atoms with Crippen LogP contribution in [0.5, 0.6) is 0 Å². The minimum Gasteiger partial charge on any atom is -0.380 e. The Kier molecular flexibility index (Phi) is 7.74. The SMILES string of the molecule is NCCCc1cccc(CONC(=O)c2ccccc2NCc2ccncc2)c1. The Morgan fingerprint density at radius 2 is 1.76 bits per heavy atom. The molecule has 0 aliphatic carbocycles. The van der Waals surface area contributed by atoms with Crippen LogP contribution in [0, 0.1) is 0 Å². The molecule has 0 saturated carbocycles. The molecule has 0 fully saturated rings. The van der Waals surface area contributed by atoms with Crippen molar-refractivity contribution in [1.82, 2.24) is 10.5 Å². The van der Waals surface area contributed by atoms with Crippen LogP contribution in [-0.2, 0) is 24.4 Å². The van der Waals surface area contributed by atoms with E-state index >= 15 is 0 Å². The van der Waals surface area contributed by atoms with Crippen molar-refractivity contribution in [2.75, 3.05) is 11.9 Å². The summed E-state index contributed by atoms with van der Waals surface area (Å²) in [6, 6.07) is 19.3. The molecule has 0 bridgehead atoms. The molecule has 1 aromatic heterocycles. The minimum atomic E-state index is -0.290. The molecule has 150 valence electrons. The Hall–Kier alpha value is -3.22. The Balaban J connectivity index is 1.54. The van der Waals surface area contributed by atoms with Gasteiger partial charge in [-0.15, -0.1) is 0 Å². The molecule has 1 heterocycles. The summed E-state index contributed by atoms with van der Waals surface area (Å²) >= 11 is 0. The van der Waals surface area contributed by atoms with E-state index < -0.39 is 0 Å². The Bertz CT molecular complexity index is 916. The number of hydroxylamine groups is 1. The number of nitrogens with one attached hydrogen (secondary N) is 2. The monoisotopic (exact) mass is 390 g/mol. The minimum absolute atomic E-state index is 0.290. The number of nitrogens with zero attached hydrogens (tertiary/aromatic N) is 1. The number of amides is 1. The predicted molar refractivity (Wildman–Crippen MR) is 114 cm³/mol. The van der Waals surface area contributed by atoms with Gasteiger partial charge in [0.05, 0.1) is 12.2 Å². The van der Waals surface area contributed by atoms with Crippen LogP contribution in [0.25, 0.3) is 0 Å². The molecule has 3 aromatic rings. The molecular weight excluding hydrogens is 364 g/mol. The molecule has 2 aromatic carbocycles. The molecule has 0 unspecified atom stereocenters. The predicted octanol–water partition coefficient (Wildman–Crippen LogP) is 3.45. The molecular formula is C23H26N4O2. The summed E-state index contributed by atoms with van der Waals surface area (Å²) in [6.45, 7) is 1.57. The van der Waals surface area contributed by atoms with E-state index in [-0.39, 0.29) is 5.91 Å². The lowest BCUT2D eigenvalue weighted by atomic mass is 10.1. The van der Waals surface area contributed by atoms with E-state index in [4.69, 9.17) is 10.6 Å². The van der Waals surface area contributed by atoms with E-state index in [2.05, 4.69) is 27.9 Å². The number of carbonyl (C=O) groups is 1. The zero-order valence-corrected chi connectivity index (χ0v) is 16.3. The molecule has 1 amide bonds. The van der Waals surface area contributed by atoms with Gasteiger partial charge in [0.2, 0.25) is 0 Å². The third-order valence-electron chi connectivity index (χ3n) is 4.47. The highest BCUT2D eigenvalue weighted by atomic mass is 16.6. The van der Waals surface area contributed by atoms with E-state index in [1.165, 1.54) is 5.56 Å². The quantitative estimate of drug-likeness (QED) is 0.462. The van der Waals surface area contributed by atoms with Gasteiger partial charge in [-0.25, -0.2) is 5.48 Å². The molecule has 0 atom stereocenters. The van der Waals surface area contributed by atoms with E-state index in [1.807, 2.05) is 42.5 Å². The number of aryl methyl sites for hydroxylation is 1. The fourth-order valence-electron chi connectivity index (χ4n) is 2.95. The second-order valence-electron chi connectivity index (χ2n) is 6.69. The van der Waals surface area contributed by atoms with Crippen molar-refractivity contribution in [1.29, 1.82) is 0 Å². The molecule has 0 radical (unpaired) electrons. The maximum atomic E-state index is 12.6. The standard InChI is InChI=1S/C23H26N4O2/c24-12-4-7-18-5-3-6-20(15-18)17-29-27-23(28)21-8-1-2-9-22(21)26-16-19-10-13-25-14-11-19/h1-3,5-6,8-11,13-15,26H,4,7,12,16-17,24H2,(H,27,28). The van der Waals surface area contributed by atoms with Crippen LogP contribution in [0.1, 0.15) is 33.5 Å². The number of rotatable bonds is 10. The smallest absolute Gasteiger partial charge is 0.276 e. The molecule has 0 aliphatic rings. The largest absolute Gasteiger partial charge is 0.380 e. The zero-order chi connectivity index (χ0) is 20.3. The summed E-state index contributed by atoms with van der Waals surface area (Å²) in [4.78, 5) is 22.0. The molecule has 0 aliphatic heterocycles. The summed E-state index contributed by atoms with van der Waals surface area (Å²) in [5, 5.41) is 3.29. The lowest BCUT2D eigenvalue weighted by molar-refractivity contribution is 0.0234. The van der Waals surface area contributed by atoms with Crippen LogP contribution in [0.3, 0.4) is 0 Å². The van der Waals surface area contributed by atoms with E-state index in [0.717, 1.165) is 29.7 Å². The molecule has 29 heavy (non-hydrogen) atoms. The van der Waals surface area contributed by atoms with Gasteiger partial charge in [-0.1, -0.05) is 36.4 Å². The van der Waals surface area contributed by atoms with Crippen LogP contribution in [0.2, 0.25) is 0 Å².